The van der Waals surface area contributed by atoms with Crippen molar-refractivity contribution in [2.75, 3.05) is 11.5 Å². The summed E-state index contributed by atoms with van der Waals surface area (Å²) in [5.74, 6) is -0.187. The minimum absolute atomic E-state index is 0.0605. The van der Waals surface area contributed by atoms with Crippen LogP contribution < -0.4 is 11.1 Å². The zero-order valence-corrected chi connectivity index (χ0v) is 11.7. The number of hydrogen-bond acceptors (Lipinski definition) is 3. The van der Waals surface area contributed by atoms with Gasteiger partial charge in [0.2, 0.25) is 5.91 Å². The molecule has 3 nitrogen and oxygen atoms in total. The molecule has 0 aliphatic rings. The maximum atomic E-state index is 13.1. The minimum Gasteiger partial charge on any atom is -0.399 e. The molecule has 0 spiro atoms. The van der Waals surface area contributed by atoms with Gasteiger partial charge in [0.05, 0.1) is 5.75 Å². The van der Waals surface area contributed by atoms with Crippen LogP contribution in [0.15, 0.2) is 23.1 Å². The lowest BCUT2D eigenvalue weighted by Crippen LogP contribution is -2.43. The number of anilines is 1. The third-order valence-electron chi connectivity index (χ3n) is 2.63. The van der Waals surface area contributed by atoms with Crippen molar-refractivity contribution in [1.82, 2.24) is 5.32 Å². The molecule has 0 bridgehead atoms. The second kappa shape index (κ2) is 6.09. The van der Waals surface area contributed by atoms with E-state index in [9.17, 15) is 9.18 Å². The van der Waals surface area contributed by atoms with E-state index >= 15 is 0 Å². The van der Waals surface area contributed by atoms with Crippen LogP contribution in [0.3, 0.4) is 0 Å². The van der Waals surface area contributed by atoms with E-state index in [1.165, 1.54) is 23.9 Å². The monoisotopic (exact) mass is 270 g/mol. The van der Waals surface area contributed by atoms with E-state index in [2.05, 4.69) is 5.32 Å². The molecule has 100 valence electrons. The number of halogens is 1. The zero-order valence-electron chi connectivity index (χ0n) is 10.9. The van der Waals surface area contributed by atoms with Crippen LogP contribution in [0.4, 0.5) is 10.1 Å². The highest BCUT2D eigenvalue weighted by Gasteiger charge is 2.17. The molecule has 0 aromatic heterocycles. The fourth-order valence-electron chi connectivity index (χ4n) is 1.32. The summed E-state index contributed by atoms with van der Waals surface area (Å²) in [6.45, 7) is 5.95. The first kappa shape index (κ1) is 14.8. The molecule has 3 N–H and O–H groups in total. The predicted octanol–water partition coefficient (Wildman–Crippen LogP) is 2.80. The van der Waals surface area contributed by atoms with Gasteiger partial charge < -0.3 is 11.1 Å². The quantitative estimate of drug-likeness (QED) is 0.639. The van der Waals surface area contributed by atoms with Crippen molar-refractivity contribution in [2.45, 2.75) is 37.6 Å². The number of benzene rings is 1. The molecule has 1 aromatic carbocycles. The molecular formula is C13H19FN2OS. The van der Waals surface area contributed by atoms with Crippen LogP contribution in [0.25, 0.3) is 0 Å². The predicted molar refractivity (Wildman–Crippen MR) is 74.0 cm³/mol. The van der Waals surface area contributed by atoms with Gasteiger partial charge in [0.25, 0.3) is 0 Å². The Kier molecular flexibility index (Phi) is 5.02. The first-order chi connectivity index (χ1) is 8.32. The number of carbonyl (C=O) groups excluding carboxylic acids is 1. The van der Waals surface area contributed by atoms with E-state index in [0.29, 0.717) is 10.6 Å². The molecular weight excluding hydrogens is 251 g/mol. The van der Waals surface area contributed by atoms with Gasteiger partial charge in [0.1, 0.15) is 5.82 Å². The van der Waals surface area contributed by atoms with Gasteiger partial charge in [-0.3, -0.25) is 4.79 Å². The Balaban J connectivity index is 2.52. The summed E-state index contributed by atoms with van der Waals surface area (Å²) >= 11 is 1.28. The van der Waals surface area contributed by atoms with E-state index in [1.54, 1.807) is 6.07 Å². The Hall–Kier alpha value is -1.23. The van der Waals surface area contributed by atoms with Gasteiger partial charge in [-0.05, 0) is 38.5 Å². The molecule has 0 aliphatic heterocycles. The number of nitrogens with two attached hydrogens (primary N) is 1. The molecule has 0 fully saturated rings. The van der Waals surface area contributed by atoms with E-state index < -0.39 is 0 Å². The highest BCUT2D eigenvalue weighted by molar-refractivity contribution is 8.00. The molecule has 0 atom stereocenters. The molecule has 0 heterocycles. The Bertz CT molecular complexity index is 415. The van der Waals surface area contributed by atoms with Crippen molar-refractivity contribution < 1.29 is 9.18 Å². The molecule has 1 amide bonds. The van der Waals surface area contributed by atoms with Crippen molar-refractivity contribution in [3.8, 4) is 0 Å². The van der Waals surface area contributed by atoms with Crippen LogP contribution >= 0.6 is 11.8 Å². The van der Waals surface area contributed by atoms with Crippen LogP contribution in [-0.2, 0) is 4.79 Å². The molecule has 0 saturated heterocycles. The van der Waals surface area contributed by atoms with Gasteiger partial charge in [-0.2, -0.15) is 0 Å². The maximum absolute atomic E-state index is 13.1. The minimum atomic E-state index is -0.383. The molecule has 0 aliphatic carbocycles. The smallest absolute Gasteiger partial charge is 0.230 e. The van der Waals surface area contributed by atoms with Crippen LogP contribution in [0.2, 0.25) is 0 Å². The Morgan fingerprint density at radius 2 is 2.11 bits per heavy atom. The van der Waals surface area contributed by atoms with Crippen molar-refractivity contribution in [3.63, 3.8) is 0 Å². The van der Waals surface area contributed by atoms with Gasteiger partial charge in [-0.25, -0.2) is 4.39 Å². The largest absolute Gasteiger partial charge is 0.399 e. The lowest BCUT2D eigenvalue weighted by atomic mass is 10.0. The average Bonchev–Trinajstić information content (AvgIpc) is 2.24. The van der Waals surface area contributed by atoms with E-state index in [-0.39, 0.29) is 23.0 Å². The van der Waals surface area contributed by atoms with Gasteiger partial charge >= 0.3 is 0 Å². The second-order valence-electron chi connectivity index (χ2n) is 4.79. The summed E-state index contributed by atoms with van der Waals surface area (Å²) in [4.78, 5) is 12.4. The number of rotatable bonds is 5. The number of carbonyl (C=O) groups is 1. The molecule has 18 heavy (non-hydrogen) atoms. The van der Waals surface area contributed by atoms with Crippen molar-refractivity contribution in [1.29, 1.82) is 0 Å². The SMILES string of the molecule is CCC(C)(C)NC(=O)CSc1cc(N)cc(F)c1. The van der Waals surface area contributed by atoms with E-state index in [0.717, 1.165) is 6.42 Å². The summed E-state index contributed by atoms with van der Waals surface area (Å²) in [6.07, 6.45) is 0.857. The highest BCUT2D eigenvalue weighted by Crippen LogP contribution is 2.22. The molecule has 1 aromatic rings. The Labute approximate surface area is 111 Å². The van der Waals surface area contributed by atoms with Gasteiger partial charge in [-0.1, -0.05) is 6.92 Å². The molecule has 5 heteroatoms. The van der Waals surface area contributed by atoms with Crippen molar-refractivity contribution in [2.24, 2.45) is 0 Å². The van der Waals surface area contributed by atoms with Gasteiger partial charge in [0.15, 0.2) is 0 Å². The molecule has 1 rings (SSSR count). The number of nitrogens with one attached hydrogen (secondary N) is 1. The number of nitrogen functional groups attached to an aromatic ring is 1. The number of thioether (sulfide) groups is 1. The molecule has 0 unspecified atom stereocenters. The topological polar surface area (TPSA) is 55.1 Å². The summed E-state index contributed by atoms with van der Waals surface area (Å²) in [5.41, 5.74) is 5.69. The summed E-state index contributed by atoms with van der Waals surface area (Å²) < 4.78 is 13.1. The second-order valence-corrected chi connectivity index (χ2v) is 5.84. The van der Waals surface area contributed by atoms with Crippen LogP contribution in [0.1, 0.15) is 27.2 Å². The lowest BCUT2D eigenvalue weighted by molar-refractivity contribution is -0.120. The van der Waals surface area contributed by atoms with E-state index in [4.69, 9.17) is 5.73 Å². The van der Waals surface area contributed by atoms with Gasteiger partial charge in [-0.15, -0.1) is 11.8 Å². The highest BCUT2D eigenvalue weighted by atomic mass is 32.2. The maximum Gasteiger partial charge on any atom is 0.230 e. The lowest BCUT2D eigenvalue weighted by Gasteiger charge is -2.24. The molecule has 0 saturated carbocycles. The zero-order chi connectivity index (χ0) is 13.8. The van der Waals surface area contributed by atoms with Crippen molar-refractivity contribution in [3.05, 3.63) is 24.0 Å². The van der Waals surface area contributed by atoms with Gasteiger partial charge in [0, 0.05) is 16.1 Å². The van der Waals surface area contributed by atoms with Crippen LogP contribution in [0, 0.1) is 5.82 Å². The fourth-order valence-corrected chi connectivity index (χ4v) is 2.10. The fraction of sp³-hybridized carbons (Fsp3) is 0.462. The Morgan fingerprint density at radius 3 is 2.67 bits per heavy atom. The first-order valence-electron chi connectivity index (χ1n) is 5.82. The summed E-state index contributed by atoms with van der Waals surface area (Å²) in [5, 5.41) is 2.92. The number of amides is 1. The van der Waals surface area contributed by atoms with Crippen LogP contribution in [-0.4, -0.2) is 17.2 Å². The standard InChI is InChI=1S/C13H19FN2OS/c1-4-13(2,3)16-12(17)8-18-11-6-9(14)5-10(15)7-11/h5-7H,4,8,15H2,1-3H3,(H,16,17). The summed E-state index contributed by atoms with van der Waals surface area (Å²) in [6, 6.07) is 4.29. The first-order valence-corrected chi connectivity index (χ1v) is 6.81. The average molecular weight is 270 g/mol. The van der Waals surface area contributed by atoms with Crippen LogP contribution in [0.5, 0.6) is 0 Å². The summed E-state index contributed by atoms with van der Waals surface area (Å²) in [7, 11) is 0. The number of hydrogen-bond donors (Lipinski definition) is 2. The Morgan fingerprint density at radius 1 is 1.44 bits per heavy atom. The third kappa shape index (κ3) is 4.96. The van der Waals surface area contributed by atoms with Crippen molar-refractivity contribution >= 4 is 23.4 Å². The molecule has 0 radical (unpaired) electrons. The normalized spacial score (nSPS) is 11.3. The van der Waals surface area contributed by atoms with E-state index in [1.807, 2.05) is 20.8 Å². The third-order valence-corrected chi connectivity index (χ3v) is 3.60.